The minimum atomic E-state index is -0.714. The second-order valence-electron chi connectivity index (χ2n) is 6.57. The molecule has 1 heterocycles. The summed E-state index contributed by atoms with van der Waals surface area (Å²) in [5, 5.41) is 8.74. The number of halogens is 1. The van der Waals surface area contributed by atoms with Crippen molar-refractivity contribution in [1.82, 2.24) is 9.80 Å². The Morgan fingerprint density at radius 3 is 2.25 bits per heavy atom. The quantitative estimate of drug-likeness (QED) is 0.791. The fourth-order valence-electron chi connectivity index (χ4n) is 2.35. The highest BCUT2D eigenvalue weighted by Crippen LogP contribution is 2.16. The molecule has 0 N–H and O–H groups in total. The zero-order valence-electron chi connectivity index (χ0n) is 14.0. The largest absolute Gasteiger partial charge is 0.444 e. The summed E-state index contributed by atoms with van der Waals surface area (Å²) in [6.45, 7) is 6.64. The molecule has 0 aliphatic carbocycles. The van der Waals surface area contributed by atoms with Crippen LogP contribution in [0, 0.1) is 17.1 Å². The Bertz CT molecular complexity index is 683. The van der Waals surface area contributed by atoms with Crippen molar-refractivity contribution in [2.75, 3.05) is 26.2 Å². The van der Waals surface area contributed by atoms with Crippen LogP contribution in [0.5, 0.6) is 0 Å². The van der Waals surface area contributed by atoms with E-state index in [1.165, 1.54) is 21.9 Å². The van der Waals surface area contributed by atoms with Crippen molar-refractivity contribution in [1.29, 1.82) is 5.26 Å². The molecule has 1 aromatic rings. The maximum Gasteiger partial charge on any atom is 0.410 e. The summed E-state index contributed by atoms with van der Waals surface area (Å²) < 4.78 is 19.2. The first-order valence-electron chi connectivity index (χ1n) is 7.68. The van der Waals surface area contributed by atoms with Gasteiger partial charge in [0.2, 0.25) is 0 Å². The number of hydrogen-bond donors (Lipinski definition) is 0. The van der Waals surface area contributed by atoms with Crippen LogP contribution in [0.15, 0.2) is 18.2 Å². The lowest BCUT2D eigenvalue weighted by Gasteiger charge is -2.35. The minimum Gasteiger partial charge on any atom is -0.444 e. The molecule has 0 saturated carbocycles. The predicted molar refractivity (Wildman–Crippen MR) is 84.8 cm³/mol. The highest BCUT2D eigenvalue weighted by molar-refractivity contribution is 5.94. The highest BCUT2D eigenvalue weighted by atomic mass is 19.1. The fraction of sp³-hybridized carbons (Fsp3) is 0.471. The molecule has 0 unspecified atom stereocenters. The average Bonchev–Trinajstić information content (AvgIpc) is 2.52. The van der Waals surface area contributed by atoms with Gasteiger partial charge >= 0.3 is 6.09 Å². The molecule has 24 heavy (non-hydrogen) atoms. The van der Waals surface area contributed by atoms with Gasteiger partial charge in [-0.25, -0.2) is 9.18 Å². The first-order valence-corrected chi connectivity index (χ1v) is 7.68. The third-order valence-electron chi connectivity index (χ3n) is 3.55. The molecule has 1 aliphatic heterocycles. The third kappa shape index (κ3) is 4.22. The van der Waals surface area contributed by atoms with Gasteiger partial charge in [0.1, 0.15) is 11.4 Å². The van der Waals surface area contributed by atoms with Crippen LogP contribution in [0.2, 0.25) is 0 Å². The van der Waals surface area contributed by atoms with Crippen LogP contribution in [0.4, 0.5) is 9.18 Å². The van der Waals surface area contributed by atoms with Crippen molar-refractivity contribution in [2.24, 2.45) is 0 Å². The van der Waals surface area contributed by atoms with Crippen molar-refractivity contribution >= 4 is 12.0 Å². The maximum atomic E-state index is 14.0. The number of nitriles is 1. The predicted octanol–water partition coefficient (Wildman–Crippen LogP) is 2.39. The van der Waals surface area contributed by atoms with E-state index in [1.54, 1.807) is 20.8 Å². The van der Waals surface area contributed by atoms with Gasteiger partial charge < -0.3 is 14.5 Å². The number of amides is 2. The van der Waals surface area contributed by atoms with Gasteiger partial charge in [0.05, 0.1) is 17.2 Å². The van der Waals surface area contributed by atoms with E-state index in [9.17, 15) is 14.0 Å². The van der Waals surface area contributed by atoms with E-state index in [-0.39, 0.29) is 11.1 Å². The normalized spacial score (nSPS) is 15.0. The molecule has 2 amide bonds. The second-order valence-corrected chi connectivity index (χ2v) is 6.57. The third-order valence-corrected chi connectivity index (χ3v) is 3.55. The second kappa shape index (κ2) is 6.87. The number of rotatable bonds is 1. The number of carbonyl (C=O) groups is 2. The van der Waals surface area contributed by atoms with Crippen LogP contribution in [0.25, 0.3) is 0 Å². The summed E-state index contributed by atoms with van der Waals surface area (Å²) >= 11 is 0. The first-order chi connectivity index (χ1) is 11.2. The first kappa shape index (κ1) is 17.7. The van der Waals surface area contributed by atoms with E-state index >= 15 is 0 Å². The Hall–Kier alpha value is -2.62. The van der Waals surface area contributed by atoms with Gasteiger partial charge in [0.15, 0.2) is 0 Å². The number of hydrogen-bond acceptors (Lipinski definition) is 4. The Kier molecular flexibility index (Phi) is 5.07. The lowest BCUT2D eigenvalue weighted by Crippen LogP contribution is -2.51. The van der Waals surface area contributed by atoms with Crippen molar-refractivity contribution in [3.8, 4) is 6.07 Å². The van der Waals surface area contributed by atoms with Gasteiger partial charge in [-0.1, -0.05) is 0 Å². The van der Waals surface area contributed by atoms with Crippen molar-refractivity contribution in [2.45, 2.75) is 26.4 Å². The SMILES string of the molecule is CC(C)(C)OC(=O)N1CCN(C(=O)c2ccc(C#N)cc2F)CC1. The monoisotopic (exact) mass is 333 g/mol. The zero-order chi connectivity index (χ0) is 17.9. The summed E-state index contributed by atoms with van der Waals surface area (Å²) in [5.74, 6) is -1.16. The topological polar surface area (TPSA) is 73.6 Å². The van der Waals surface area contributed by atoms with E-state index in [0.717, 1.165) is 6.07 Å². The number of ether oxygens (including phenoxy) is 1. The number of piperazine rings is 1. The van der Waals surface area contributed by atoms with Gasteiger partial charge in [0.25, 0.3) is 5.91 Å². The summed E-state index contributed by atoms with van der Waals surface area (Å²) in [7, 11) is 0. The van der Waals surface area contributed by atoms with Crippen LogP contribution >= 0.6 is 0 Å². The van der Waals surface area contributed by atoms with E-state index in [2.05, 4.69) is 0 Å². The molecule has 7 heteroatoms. The van der Waals surface area contributed by atoms with Crippen LogP contribution in [-0.2, 0) is 4.74 Å². The number of benzene rings is 1. The molecule has 1 aliphatic rings. The van der Waals surface area contributed by atoms with E-state index < -0.39 is 23.4 Å². The number of carbonyl (C=O) groups excluding carboxylic acids is 2. The Morgan fingerprint density at radius 2 is 1.75 bits per heavy atom. The Labute approximate surface area is 140 Å². The molecule has 0 aromatic heterocycles. The molecular formula is C17H20FN3O3. The van der Waals surface area contributed by atoms with Crippen molar-refractivity contribution in [3.05, 3.63) is 35.1 Å². The molecule has 6 nitrogen and oxygen atoms in total. The van der Waals surface area contributed by atoms with Gasteiger partial charge in [-0.3, -0.25) is 4.79 Å². The molecule has 0 spiro atoms. The van der Waals surface area contributed by atoms with E-state index in [4.69, 9.17) is 10.00 Å². The zero-order valence-corrected chi connectivity index (χ0v) is 14.0. The fourth-order valence-corrected chi connectivity index (χ4v) is 2.35. The lowest BCUT2D eigenvalue weighted by atomic mass is 10.1. The highest BCUT2D eigenvalue weighted by Gasteiger charge is 2.28. The summed E-state index contributed by atoms with van der Waals surface area (Å²) in [4.78, 5) is 27.4. The summed E-state index contributed by atoms with van der Waals surface area (Å²) in [6, 6.07) is 5.60. The molecule has 2 rings (SSSR count). The Morgan fingerprint density at radius 1 is 1.17 bits per heavy atom. The van der Waals surface area contributed by atoms with E-state index in [1.807, 2.05) is 6.07 Å². The van der Waals surface area contributed by atoms with Crippen molar-refractivity contribution in [3.63, 3.8) is 0 Å². The molecule has 0 bridgehead atoms. The van der Waals surface area contributed by atoms with Crippen LogP contribution in [0.1, 0.15) is 36.7 Å². The maximum absolute atomic E-state index is 14.0. The average molecular weight is 333 g/mol. The standard InChI is InChI=1S/C17H20FN3O3/c1-17(2,3)24-16(23)21-8-6-20(7-9-21)15(22)13-5-4-12(11-19)10-14(13)18/h4-5,10H,6-9H2,1-3H3. The molecule has 1 aromatic carbocycles. The number of nitrogens with zero attached hydrogens (tertiary/aromatic N) is 3. The van der Waals surface area contributed by atoms with Crippen LogP contribution < -0.4 is 0 Å². The smallest absolute Gasteiger partial charge is 0.410 e. The van der Waals surface area contributed by atoms with Gasteiger partial charge in [-0.05, 0) is 39.0 Å². The molecule has 128 valence electrons. The van der Waals surface area contributed by atoms with Gasteiger partial charge in [-0.15, -0.1) is 0 Å². The van der Waals surface area contributed by atoms with Crippen LogP contribution in [0.3, 0.4) is 0 Å². The lowest BCUT2D eigenvalue weighted by molar-refractivity contribution is 0.0140. The van der Waals surface area contributed by atoms with Crippen molar-refractivity contribution < 1.29 is 18.7 Å². The van der Waals surface area contributed by atoms with Gasteiger partial charge in [0, 0.05) is 26.2 Å². The molecule has 1 fully saturated rings. The van der Waals surface area contributed by atoms with E-state index in [0.29, 0.717) is 26.2 Å². The summed E-state index contributed by atoms with van der Waals surface area (Å²) in [5.41, 5.74) is -0.478. The minimum absolute atomic E-state index is 0.0697. The Balaban J connectivity index is 1.98. The molecule has 0 radical (unpaired) electrons. The molecular weight excluding hydrogens is 313 g/mol. The van der Waals surface area contributed by atoms with Gasteiger partial charge in [-0.2, -0.15) is 5.26 Å². The van der Waals surface area contributed by atoms with Crippen LogP contribution in [-0.4, -0.2) is 53.6 Å². The molecule has 0 atom stereocenters. The molecule has 1 saturated heterocycles. The summed E-state index contributed by atoms with van der Waals surface area (Å²) in [6.07, 6.45) is -0.417.